The molecule has 0 aliphatic carbocycles. The molecule has 1 aromatic rings. The number of hydrogen-bond donors (Lipinski definition) is 3. The summed E-state index contributed by atoms with van der Waals surface area (Å²) in [6.45, 7) is 7.22. The summed E-state index contributed by atoms with van der Waals surface area (Å²) < 4.78 is 26.6. The van der Waals surface area contributed by atoms with Crippen molar-refractivity contribution in [2.75, 3.05) is 20.1 Å². The molecule has 8 heteroatoms. The fourth-order valence-corrected chi connectivity index (χ4v) is 3.03. The smallest absolute Gasteiger partial charge is 0.242 e. The average Bonchev–Trinajstić information content (AvgIpc) is 2.56. The molecule has 1 atom stereocenters. The fraction of sp³-hybridized carbons (Fsp3) is 0.625. The summed E-state index contributed by atoms with van der Waals surface area (Å²) in [5, 5.41) is 6.41. The Morgan fingerprint density at radius 2 is 2.00 bits per heavy atom. The van der Waals surface area contributed by atoms with Crippen LogP contribution < -0.4 is 15.4 Å². The first-order valence-electron chi connectivity index (χ1n) is 8.22. The Morgan fingerprint density at radius 3 is 2.58 bits per heavy atom. The number of guanidine groups is 1. The minimum Gasteiger partial charge on any atom is -0.355 e. The Morgan fingerprint density at radius 1 is 1.25 bits per heavy atom. The molecule has 1 heterocycles. The van der Waals surface area contributed by atoms with Crippen LogP contribution in [0.1, 0.15) is 33.6 Å². The number of hydrogen-bond acceptors (Lipinski definition) is 4. The maximum atomic E-state index is 12.0. The summed E-state index contributed by atoms with van der Waals surface area (Å²) >= 11 is 0. The van der Waals surface area contributed by atoms with Gasteiger partial charge < -0.3 is 10.6 Å². The first-order valence-corrected chi connectivity index (χ1v) is 9.70. The molecule has 0 saturated carbocycles. The predicted molar refractivity (Wildman–Crippen MR) is 97.5 cm³/mol. The van der Waals surface area contributed by atoms with Crippen molar-refractivity contribution in [1.29, 1.82) is 0 Å². The molecule has 1 aromatic heterocycles. The van der Waals surface area contributed by atoms with Crippen molar-refractivity contribution in [1.82, 2.24) is 20.3 Å². The van der Waals surface area contributed by atoms with E-state index in [1.165, 1.54) is 18.5 Å². The van der Waals surface area contributed by atoms with E-state index in [0.29, 0.717) is 24.5 Å². The SMILES string of the molecule is CN=C(NCCNS(=O)(=O)c1cccnc1)NC(C)CCC(C)C. The number of aromatic nitrogens is 1. The molecule has 0 amide bonds. The van der Waals surface area contributed by atoms with Gasteiger partial charge in [-0.25, -0.2) is 13.1 Å². The lowest BCUT2D eigenvalue weighted by molar-refractivity contribution is 0.489. The predicted octanol–water partition coefficient (Wildman–Crippen LogP) is 1.35. The lowest BCUT2D eigenvalue weighted by Crippen LogP contribution is -2.44. The normalized spacial score (nSPS) is 13.8. The molecule has 7 nitrogen and oxygen atoms in total. The summed E-state index contributed by atoms with van der Waals surface area (Å²) in [4.78, 5) is 8.14. The van der Waals surface area contributed by atoms with Crippen LogP contribution in [0, 0.1) is 5.92 Å². The highest BCUT2D eigenvalue weighted by atomic mass is 32.2. The standard InChI is InChI=1S/C16H29N5O2S/c1-13(2)7-8-14(3)21-16(17-4)19-10-11-20-24(22,23)15-6-5-9-18-12-15/h5-6,9,12-14,20H,7-8,10-11H2,1-4H3,(H2,17,19,21). The summed E-state index contributed by atoms with van der Waals surface area (Å²) in [5.41, 5.74) is 0. The molecule has 0 bridgehead atoms. The second kappa shape index (κ2) is 10.2. The van der Waals surface area contributed by atoms with E-state index in [-0.39, 0.29) is 11.4 Å². The molecule has 0 aliphatic rings. The van der Waals surface area contributed by atoms with E-state index in [4.69, 9.17) is 0 Å². The quantitative estimate of drug-likeness (QED) is 0.353. The lowest BCUT2D eigenvalue weighted by Gasteiger charge is -2.18. The van der Waals surface area contributed by atoms with Gasteiger partial charge in [0.05, 0.1) is 0 Å². The molecule has 24 heavy (non-hydrogen) atoms. The zero-order valence-electron chi connectivity index (χ0n) is 14.9. The molecule has 1 rings (SSSR count). The number of sulfonamides is 1. The van der Waals surface area contributed by atoms with Crippen LogP contribution >= 0.6 is 0 Å². The first-order chi connectivity index (χ1) is 11.3. The van der Waals surface area contributed by atoms with Crippen LogP contribution in [0.15, 0.2) is 34.4 Å². The van der Waals surface area contributed by atoms with Crippen molar-refractivity contribution in [2.24, 2.45) is 10.9 Å². The van der Waals surface area contributed by atoms with Crippen LogP contribution in [0.2, 0.25) is 0 Å². The third kappa shape index (κ3) is 7.74. The summed E-state index contributed by atoms with van der Waals surface area (Å²) in [6.07, 6.45) is 5.07. The van der Waals surface area contributed by atoms with Crippen LogP contribution in [0.4, 0.5) is 0 Å². The van der Waals surface area contributed by atoms with E-state index in [0.717, 1.165) is 12.8 Å². The molecular weight excluding hydrogens is 326 g/mol. The van der Waals surface area contributed by atoms with Crippen molar-refractivity contribution >= 4 is 16.0 Å². The zero-order chi connectivity index (χ0) is 18.0. The van der Waals surface area contributed by atoms with E-state index < -0.39 is 10.0 Å². The maximum absolute atomic E-state index is 12.0. The van der Waals surface area contributed by atoms with Gasteiger partial charge in [0.1, 0.15) is 4.90 Å². The Hall–Kier alpha value is -1.67. The van der Waals surface area contributed by atoms with Crippen molar-refractivity contribution in [3.05, 3.63) is 24.5 Å². The highest BCUT2D eigenvalue weighted by molar-refractivity contribution is 7.89. The van der Waals surface area contributed by atoms with Gasteiger partial charge in [0.25, 0.3) is 0 Å². The molecular formula is C16H29N5O2S. The Bertz CT molecular complexity index is 602. The third-order valence-electron chi connectivity index (χ3n) is 3.44. The van der Waals surface area contributed by atoms with Gasteiger partial charge in [0.15, 0.2) is 5.96 Å². The van der Waals surface area contributed by atoms with E-state index in [9.17, 15) is 8.42 Å². The molecule has 0 fully saturated rings. The number of nitrogens with zero attached hydrogens (tertiary/aromatic N) is 2. The highest BCUT2D eigenvalue weighted by Gasteiger charge is 2.13. The fourth-order valence-electron chi connectivity index (χ4n) is 2.04. The van der Waals surface area contributed by atoms with Gasteiger partial charge in [0, 0.05) is 38.6 Å². The van der Waals surface area contributed by atoms with Crippen LogP contribution in [0.5, 0.6) is 0 Å². The van der Waals surface area contributed by atoms with Gasteiger partial charge in [-0.15, -0.1) is 0 Å². The van der Waals surface area contributed by atoms with E-state index in [1.54, 1.807) is 13.1 Å². The van der Waals surface area contributed by atoms with E-state index >= 15 is 0 Å². The minimum absolute atomic E-state index is 0.162. The maximum Gasteiger partial charge on any atom is 0.242 e. The van der Waals surface area contributed by atoms with Gasteiger partial charge in [-0.2, -0.15) is 0 Å². The Balaban J connectivity index is 2.35. The largest absolute Gasteiger partial charge is 0.355 e. The molecule has 0 radical (unpaired) electrons. The Labute approximate surface area is 145 Å². The minimum atomic E-state index is -3.52. The van der Waals surface area contributed by atoms with E-state index in [2.05, 4.69) is 46.1 Å². The monoisotopic (exact) mass is 355 g/mol. The first kappa shape index (κ1) is 20.4. The van der Waals surface area contributed by atoms with Gasteiger partial charge >= 0.3 is 0 Å². The summed E-state index contributed by atoms with van der Waals surface area (Å²) in [5.74, 6) is 1.35. The number of pyridine rings is 1. The van der Waals surface area contributed by atoms with Crippen LogP contribution in [0.25, 0.3) is 0 Å². The number of rotatable bonds is 9. The van der Waals surface area contributed by atoms with Gasteiger partial charge in [-0.05, 0) is 37.8 Å². The van der Waals surface area contributed by atoms with Crippen molar-refractivity contribution in [3.8, 4) is 0 Å². The van der Waals surface area contributed by atoms with Crippen molar-refractivity contribution in [3.63, 3.8) is 0 Å². The topological polar surface area (TPSA) is 95.5 Å². The summed E-state index contributed by atoms with van der Waals surface area (Å²) in [6, 6.07) is 3.42. The van der Waals surface area contributed by atoms with Crippen LogP contribution in [-0.2, 0) is 10.0 Å². The van der Waals surface area contributed by atoms with Gasteiger partial charge in [0.2, 0.25) is 10.0 Å². The molecule has 136 valence electrons. The second-order valence-electron chi connectivity index (χ2n) is 6.10. The van der Waals surface area contributed by atoms with Crippen molar-refractivity contribution in [2.45, 2.75) is 44.6 Å². The summed E-state index contributed by atoms with van der Waals surface area (Å²) in [7, 11) is -1.82. The van der Waals surface area contributed by atoms with Crippen molar-refractivity contribution < 1.29 is 8.42 Å². The highest BCUT2D eigenvalue weighted by Crippen LogP contribution is 2.06. The molecule has 0 aliphatic heterocycles. The zero-order valence-corrected chi connectivity index (χ0v) is 15.7. The molecule has 0 spiro atoms. The van der Waals surface area contributed by atoms with Crippen LogP contribution in [-0.4, -0.2) is 45.5 Å². The molecule has 3 N–H and O–H groups in total. The second-order valence-corrected chi connectivity index (χ2v) is 7.87. The van der Waals surface area contributed by atoms with Gasteiger partial charge in [-0.3, -0.25) is 9.98 Å². The Kier molecular flexibility index (Phi) is 8.70. The van der Waals surface area contributed by atoms with E-state index in [1.807, 2.05) is 0 Å². The molecule has 0 aromatic carbocycles. The lowest BCUT2D eigenvalue weighted by atomic mass is 10.0. The molecule has 0 saturated heterocycles. The van der Waals surface area contributed by atoms with Crippen LogP contribution in [0.3, 0.4) is 0 Å². The third-order valence-corrected chi connectivity index (χ3v) is 4.88. The number of nitrogens with one attached hydrogen (secondary N) is 3. The average molecular weight is 356 g/mol. The number of aliphatic imine (C=N–C) groups is 1. The molecule has 1 unspecified atom stereocenters. The van der Waals surface area contributed by atoms with Gasteiger partial charge in [-0.1, -0.05) is 13.8 Å².